The number of amides is 1. The third-order valence-electron chi connectivity index (χ3n) is 2.20. The lowest BCUT2D eigenvalue weighted by atomic mass is 10.2. The van der Waals surface area contributed by atoms with Crippen molar-refractivity contribution in [1.29, 1.82) is 0 Å². The van der Waals surface area contributed by atoms with E-state index in [0.717, 1.165) is 8.45 Å². The fourth-order valence-electron chi connectivity index (χ4n) is 1.32. The summed E-state index contributed by atoms with van der Waals surface area (Å²) in [7, 11) is 0. The first-order valence-corrected chi connectivity index (χ1v) is 7.25. The van der Waals surface area contributed by atoms with E-state index in [4.69, 9.17) is 11.6 Å². The zero-order chi connectivity index (χ0) is 12.3. The smallest absolute Gasteiger partial charge is 0.252 e. The van der Waals surface area contributed by atoms with Crippen LogP contribution in [0.25, 0.3) is 0 Å². The highest BCUT2D eigenvalue weighted by atomic mass is 127. The predicted octanol–water partition coefficient (Wildman–Crippen LogP) is 3.94. The Morgan fingerprint density at radius 2 is 2.06 bits per heavy atom. The molecule has 2 nitrogen and oxygen atoms in total. The summed E-state index contributed by atoms with van der Waals surface area (Å²) in [4.78, 5) is 11.8. The van der Waals surface area contributed by atoms with Crippen LogP contribution in [0.2, 0.25) is 5.02 Å². The molecule has 0 fully saturated rings. The highest BCUT2D eigenvalue weighted by Gasteiger charge is 2.07. The molecule has 0 aliphatic heterocycles. The van der Waals surface area contributed by atoms with Crippen molar-refractivity contribution in [2.45, 2.75) is 6.54 Å². The fourth-order valence-corrected chi connectivity index (χ4v) is 2.77. The van der Waals surface area contributed by atoms with Gasteiger partial charge in [0.15, 0.2) is 0 Å². The van der Waals surface area contributed by atoms with Crippen LogP contribution in [0.3, 0.4) is 0 Å². The maximum absolute atomic E-state index is 11.8. The lowest BCUT2D eigenvalue weighted by molar-refractivity contribution is 0.0951. The topological polar surface area (TPSA) is 29.1 Å². The standard InChI is InChI=1S/C12H9ClINOS/c13-10-3-1-8(2-4-10)6-15-12(16)9-5-11(14)17-7-9/h1-5,7H,6H2,(H,15,16). The number of thiophene rings is 1. The van der Waals surface area contributed by atoms with Gasteiger partial charge in [-0.3, -0.25) is 4.79 Å². The fraction of sp³-hybridized carbons (Fsp3) is 0.0833. The van der Waals surface area contributed by atoms with Crippen LogP contribution in [0.15, 0.2) is 35.7 Å². The molecule has 2 rings (SSSR count). The third-order valence-corrected chi connectivity index (χ3v) is 4.24. The Kier molecular flexibility index (Phi) is 4.42. The van der Waals surface area contributed by atoms with Crippen molar-refractivity contribution < 1.29 is 4.79 Å². The molecule has 0 aliphatic carbocycles. The van der Waals surface area contributed by atoms with Crippen LogP contribution in [0, 0.1) is 2.88 Å². The number of carbonyl (C=O) groups excluding carboxylic acids is 1. The monoisotopic (exact) mass is 377 g/mol. The van der Waals surface area contributed by atoms with Crippen molar-refractivity contribution in [3.8, 4) is 0 Å². The van der Waals surface area contributed by atoms with Gasteiger partial charge in [0.2, 0.25) is 0 Å². The van der Waals surface area contributed by atoms with Gasteiger partial charge in [-0.05, 0) is 46.4 Å². The lowest BCUT2D eigenvalue weighted by Crippen LogP contribution is -2.22. The van der Waals surface area contributed by atoms with Crippen LogP contribution in [0.4, 0.5) is 0 Å². The number of halogens is 2. The zero-order valence-corrected chi connectivity index (χ0v) is 12.5. The van der Waals surface area contributed by atoms with E-state index in [-0.39, 0.29) is 5.91 Å². The average molecular weight is 378 g/mol. The van der Waals surface area contributed by atoms with Gasteiger partial charge in [-0.2, -0.15) is 0 Å². The van der Waals surface area contributed by atoms with E-state index in [9.17, 15) is 4.79 Å². The van der Waals surface area contributed by atoms with E-state index in [0.29, 0.717) is 17.1 Å². The second kappa shape index (κ2) is 5.84. The summed E-state index contributed by atoms with van der Waals surface area (Å²) in [5, 5.41) is 5.43. The minimum absolute atomic E-state index is 0.0425. The second-order valence-electron chi connectivity index (χ2n) is 3.45. The first-order valence-electron chi connectivity index (χ1n) is 4.92. The molecular weight excluding hydrogens is 369 g/mol. The summed E-state index contributed by atoms with van der Waals surface area (Å²) in [6, 6.07) is 9.32. The minimum atomic E-state index is -0.0425. The summed E-state index contributed by atoms with van der Waals surface area (Å²) >= 11 is 9.55. The predicted molar refractivity (Wildman–Crippen MR) is 79.7 cm³/mol. The van der Waals surface area contributed by atoms with Gasteiger partial charge < -0.3 is 5.32 Å². The van der Waals surface area contributed by atoms with Gasteiger partial charge in [-0.1, -0.05) is 23.7 Å². The Balaban J connectivity index is 1.94. The minimum Gasteiger partial charge on any atom is -0.348 e. The molecule has 1 aromatic heterocycles. The SMILES string of the molecule is O=C(NCc1ccc(Cl)cc1)c1csc(I)c1. The molecule has 0 unspecified atom stereocenters. The Morgan fingerprint density at radius 3 is 2.65 bits per heavy atom. The lowest BCUT2D eigenvalue weighted by Gasteiger charge is -2.03. The van der Waals surface area contributed by atoms with Gasteiger partial charge in [-0.15, -0.1) is 11.3 Å². The third kappa shape index (κ3) is 3.69. The Labute approximate surface area is 122 Å². The Hall–Kier alpha value is -0.590. The molecule has 0 aliphatic rings. The largest absolute Gasteiger partial charge is 0.348 e. The van der Waals surface area contributed by atoms with Crippen molar-refractivity contribution in [3.63, 3.8) is 0 Å². The molecule has 1 aromatic carbocycles. The van der Waals surface area contributed by atoms with E-state index in [1.165, 1.54) is 0 Å². The number of benzene rings is 1. The number of nitrogens with one attached hydrogen (secondary N) is 1. The van der Waals surface area contributed by atoms with Gasteiger partial charge in [0, 0.05) is 16.9 Å². The molecule has 0 radical (unpaired) electrons. The van der Waals surface area contributed by atoms with Crippen LogP contribution < -0.4 is 5.32 Å². The summed E-state index contributed by atoms with van der Waals surface area (Å²) in [6.07, 6.45) is 0. The first kappa shape index (κ1) is 12.9. The van der Waals surface area contributed by atoms with Gasteiger partial charge in [0.25, 0.3) is 5.91 Å². The normalized spacial score (nSPS) is 10.2. The maximum Gasteiger partial charge on any atom is 0.252 e. The first-order chi connectivity index (χ1) is 8.15. The molecule has 0 atom stereocenters. The van der Waals surface area contributed by atoms with E-state index < -0.39 is 0 Å². The molecular formula is C12H9ClINOS. The van der Waals surface area contributed by atoms with Gasteiger partial charge >= 0.3 is 0 Å². The highest BCUT2D eigenvalue weighted by Crippen LogP contribution is 2.16. The van der Waals surface area contributed by atoms with Crippen molar-refractivity contribution >= 4 is 51.4 Å². The number of hydrogen-bond donors (Lipinski definition) is 1. The number of carbonyl (C=O) groups is 1. The van der Waals surface area contributed by atoms with Crippen molar-refractivity contribution in [1.82, 2.24) is 5.32 Å². The van der Waals surface area contributed by atoms with E-state index in [1.807, 2.05) is 35.7 Å². The van der Waals surface area contributed by atoms with Crippen LogP contribution in [0.1, 0.15) is 15.9 Å². The van der Waals surface area contributed by atoms with Crippen molar-refractivity contribution in [2.24, 2.45) is 0 Å². The van der Waals surface area contributed by atoms with Crippen LogP contribution in [0.5, 0.6) is 0 Å². The molecule has 88 valence electrons. The van der Waals surface area contributed by atoms with E-state index >= 15 is 0 Å². The molecule has 0 spiro atoms. The van der Waals surface area contributed by atoms with Crippen LogP contribution in [-0.4, -0.2) is 5.91 Å². The molecule has 2 aromatic rings. The summed E-state index contributed by atoms with van der Waals surface area (Å²) in [5.74, 6) is -0.0425. The molecule has 1 N–H and O–H groups in total. The summed E-state index contributed by atoms with van der Waals surface area (Å²) in [6.45, 7) is 0.516. The number of hydrogen-bond acceptors (Lipinski definition) is 2. The van der Waals surface area contributed by atoms with Crippen LogP contribution >= 0.6 is 45.5 Å². The molecule has 0 bridgehead atoms. The maximum atomic E-state index is 11.8. The molecule has 5 heteroatoms. The van der Waals surface area contributed by atoms with Crippen molar-refractivity contribution in [3.05, 3.63) is 54.7 Å². The van der Waals surface area contributed by atoms with Crippen molar-refractivity contribution in [2.75, 3.05) is 0 Å². The quantitative estimate of drug-likeness (QED) is 0.807. The molecule has 1 amide bonds. The van der Waals surface area contributed by atoms with Gasteiger partial charge in [-0.25, -0.2) is 0 Å². The summed E-state index contributed by atoms with van der Waals surface area (Å²) < 4.78 is 1.11. The van der Waals surface area contributed by atoms with Gasteiger partial charge in [0.1, 0.15) is 0 Å². The van der Waals surface area contributed by atoms with Crippen LogP contribution in [-0.2, 0) is 6.54 Å². The zero-order valence-electron chi connectivity index (χ0n) is 8.74. The Bertz CT molecular complexity index is 524. The Morgan fingerprint density at radius 1 is 1.35 bits per heavy atom. The molecule has 0 saturated heterocycles. The van der Waals surface area contributed by atoms with E-state index in [2.05, 4.69) is 27.9 Å². The van der Waals surface area contributed by atoms with Gasteiger partial charge in [0.05, 0.1) is 8.45 Å². The molecule has 1 heterocycles. The molecule has 0 saturated carbocycles. The number of rotatable bonds is 3. The molecule has 17 heavy (non-hydrogen) atoms. The summed E-state index contributed by atoms with van der Waals surface area (Å²) in [5.41, 5.74) is 1.75. The average Bonchev–Trinajstić information content (AvgIpc) is 2.75. The second-order valence-corrected chi connectivity index (χ2v) is 6.69. The van der Waals surface area contributed by atoms with E-state index in [1.54, 1.807) is 11.3 Å². The highest BCUT2D eigenvalue weighted by molar-refractivity contribution is 14.1.